The number of hydrogen-bond acceptors (Lipinski definition) is 3. The van der Waals surface area contributed by atoms with Crippen molar-refractivity contribution < 1.29 is 9.50 Å². The van der Waals surface area contributed by atoms with Crippen LogP contribution in [0.4, 0.5) is 4.39 Å². The molecule has 1 heterocycles. The SMILES string of the molecule is OCC[C@H]1CN(Cc2ccc(F)cc2)CCN1C1CCCC1. The van der Waals surface area contributed by atoms with Crippen LogP contribution in [-0.4, -0.2) is 53.2 Å². The molecule has 1 aromatic rings. The number of hydrogen-bond donors (Lipinski definition) is 1. The Morgan fingerprint density at radius 3 is 2.50 bits per heavy atom. The second kappa shape index (κ2) is 7.53. The average molecular weight is 306 g/mol. The van der Waals surface area contributed by atoms with E-state index in [-0.39, 0.29) is 12.4 Å². The summed E-state index contributed by atoms with van der Waals surface area (Å²) in [5.41, 5.74) is 1.17. The van der Waals surface area contributed by atoms with Crippen LogP contribution in [0, 0.1) is 5.82 Å². The molecule has 2 aliphatic rings. The molecule has 0 aromatic heterocycles. The number of aliphatic hydroxyl groups excluding tert-OH is 1. The highest BCUT2D eigenvalue weighted by atomic mass is 19.1. The molecule has 1 N–H and O–H groups in total. The van der Waals surface area contributed by atoms with Gasteiger partial charge < -0.3 is 5.11 Å². The minimum atomic E-state index is -0.173. The third-order valence-corrected chi connectivity index (χ3v) is 5.19. The number of benzene rings is 1. The van der Waals surface area contributed by atoms with Gasteiger partial charge in [0.2, 0.25) is 0 Å². The van der Waals surface area contributed by atoms with Crippen molar-refractivity contribution in [1.82, 2.24) is 9.80 Å². The molecule has 2 fully saturated rings. The molecule has 0 radical (unpaired) electrons. The first-order chi connectivity index (χ1) is 10.8. The lowest BCUT2D eigenvalue weighted by Crippen LogP contribution is -2.55. The lowest BCUT2D eigenvalue weighted by Gasteiger charge is -2.44. The van der Waals surface area contributed by atoms with Crippen molar-refractivity contribution in [2.24, 2.45) is 0 Å². The van der Waals surface area contributed by atoms with E-state index in [4.69, 9.17) is 0 Å². The van der Waals surface area contributed by atoms with Crippen molar-refractivity contribution in [3.05, 3.63) is 35.6 Å². The van der Waals surface area contributed by atoms with Crippen molar-refractivity contribution in [3.8, 4) is 0 Å². The van der Waals surface area contributed by atoms with Gasteiger partial charge in [0.15, 0.2) is 0 Å². The number of nitrogens with zero attached hydrogens (tertiary/aromatic N) is 2. The fraction of sp³-hybridized carbons (Fsp3) is 0.667. The fourth-order valence-corrected chi connectivity index (χ4v) is 4.05. The molecule has 1 saturated heterocycles. The zero-order valence-electron chi connectivity index (χ0n) is 13.3. The fourth-order valence-electron chi connectivity index (χ4n) is 4.05. The summed E-state index contributed by atoms with van der Waals surface area (Å²) in [6, 6.07) is 8.01. The standard InChI is InChI=1S/C18H27FN2O/c19-16-7-5-15(6-8-16)13-20-10-11-21(17-3-1-2-4-17)18(14-20)9-12-22/h5-8,17-18,22H,1-4,9-14H2/t18-/m0/s1. The zero-order chi connectivity index (χ0) is 15.4. The monoisotopic (exact) mass is 306 g/mol. The summed E-state index contributed by atoms with van der Waals surface area (Å²) in [5, 5.41) is 9.40. The van der Waals surface area contributed by atoms with E-state index in [1.54, 1.807) is 0 Å². The van der Waals surface area contributed by atoms with Gasteiger partial charge in [-0.25, -0.2) is 4.39 Å². The molecule has 1 aliphatic carbocycles. The lowest BCUT2D eigenvalue weighted by molar-refractivity contribution is 0.0267. The lowest BCUT2D eigenvalue weighted by atomic mass is 10.0. The maximum atomic E-state index is 13.0. The van der Waals surface area contributed by atoms with E-state index in [0.717, 1.165) is 38.6 Å². The average Bonchev–Trinajstić information content (AvgIpc) is 3.04. The Labute approximate surface area is 132 Å². The Morgan fingerprint density at radius 1 is 1.09 bits per heavy atom. The van der Waals surface area contributed by atoms with E-state index < -0.39 is 0 Å². The van der Waals surface area contributed by atoms with Crippen molar-refractivity contribution in [1.29, 1.82) is 0 Å². The van der Waals surface area contributed by atoms with Gasteiger partial charge in [0.1, 0.15) is 5.82 Å². The second-order valence-corrected chi connectivity index (χ2v) is 6.70. The Bertz CT molecular complexity index is 459. The van der Waals surface area contributed by atoms with Crippen LogP contribution in [-0.2, 0) is 6.54 Å². The molecule has 1 aliphatic heterocycles. The first kappa shape index (κ1) is 15.9. The van der Waals surface area contributed by atoms with Crippen molar-refractivity contribution in [2.75, 3.05) is 26.2 Å². The zero-order valence-corrected chi connectivity index (χ0v) is 13.3. The topological polar surface area (TPSA) is 26.7 Å². The first-order valence-corrected chi connectivity index (χ1v) is 8.59. The smallest absolute Gasteiger partial charge is 0.123 e. The number of aliphatic hydroxyl groups is 1. The van der Waals surface area contributed by atoms with Crippen molar-refractivity contribution >= 4 is 0 Å². The summed E-state index contributed by atoms with van der Waals surface area (Å²) >= 11 is 0. The molecule has 22 heavy (non-hydrogen) atoms. The predicted molar refractivity (Wildman–Crippen MR) is 86.1 cm³/mol. The van der Waals surface area contributed by atoms with Crippen molar-refractivity contribution in [2.45, 2.75) is 50.7 Å². The van der Waals surface area contributed by atoms with E-state index in [2.05, 4.69) is 9.80 Å². The predicted octanol–water partition coefficient (Wildman–Crippen LogP) is 2.64. The molecule has 1 aromatic carbocycles. The maximum Gasteiger partial charge on any atom is 0.123 e. The summed E-state index contributed by atoms with van der Waals surface area (Å²) < 4.78 is 13.0. The van der Waals surface area contributed by atoms with Crippen LogP contribution in [0.1, 0.15) is 37.7 Å². The Kier molecular flexibility index (Phi) is 5.45. The molecule has 122 valence electrons. The van der Waals surface area contributed by atoms with Gasteiger partial charge in [-0.05, 0) is 37.0 Å². The van der Waals surface area contributed by atoms with Gasteiger partial charge in [0.25, 0.3) is 0 Å². The summed E-state index contributed by atoms with van der Waals surface area (Å²) in [6.07, 6.45) is 6.20. The highest BCUT2D eigenvalue weighted by Gasteiger charge is 2.32. The minimum absolute atomic E-state index is 0.173. The van der Waals surface area contributed by atoms with Gasteiger partial charge in [-0.2, -0.15) is 0 Å². The van der Waals surface area contributed by atoms with E-state index >= 15 is 0 Å². The number of rotatable bonds is 5. The summed E-state index contributed by atoms with van der Waals surface area (Å²) in [4.78, 5) is 5.09. The van der Waals surface area contributed by atoms with Gasteiger partial charge >= 0.3 is 0 Å². The molecule has 1 atom stereocenters. The van der Waals surface area contributed by atoms with Gasteiger partial charge in [0.05, 0.1) is 0 Å². The van der Waals surface area contributed by atoms with Crippen LogP contribution in [0.25, 0.3) is 0 Å². The third-order valence-electron chi connectivity index (χ3n) is 5.19. The minimum Gasteiger partial charge on any atom is -0.396 e. The van der Waals surface area contributed by atoms with E-state index in [9.17, 15) is 9.50 Å². The van der Waals surface area contributed by atoms with E-state index in [0.29, 0.717) is 6.04 Å². The number of halogens is 1. The van der Waals surface area contributed by atoms with Crippen LogP contribution in [0.2, 0.25) is 0 Å². The third kappa shape index (κ3) is 3.86. The molecule has 0 bridgehead atoms. The highest BCUT2D eigenvalue weighted by Crippen LogP contribution is 2.28. The molecule has 0 unspecified atom stereocenters. The van der Waals surface area contributed by atoms with Gasteiger partial charge in [-0.15, -0.1) is 0 Å². The largest absolute Gasteiger partial charge is 0.396 e. The molecular weight excluding hydrogens is 279 g/mol. The van der Waals surface area contributed by atoms with E-state index in [1.165, 1.54) is 43.4 Å². The van der Waals surface area contributed by atoms with Crippen molar-refractivity contribution in [3.63, 3.8) is 0 Å². The molecule has 0 spiro atoms. The van der Waals surface area contributed by atoms with E-state index in [1.807, 2.05) is 12.1 Å². The highest BCUT2D eigenvalue weighted by molar-refractivity contribution is 5.16. The molecule has 3 nitrogen and oxygen atoms in total. The van der Waals surface area contributed by atoms with Crippen LogP contribution in [0.15, 0.2) is 24.3 Å². The van der Waals surface area contributed by atoms with Crippen LogP contribution >= 0.6 is 0 Å². The molecule has 3 rings (SSSR count). The van der Waals surface area contributed by atoms with Crippen LogP contribution in [0.5, 0.6) is 0 Å². The van der Waals surface area contributed by atoms with Gasteiger partial charge in [0, 0.05) is 44.9 Å². The first-order valence-electron chi connectivity index (χ1n) is 8.59. The summed E-state index contributed by atoms with van der Waals surface area (Å²) in [7, 11) is 0. The molecule has 1 saturated carbocycles. The Hall–Kier alpha value is -0.970. The second-order valence-electron chi connectivity index (χ2n) is 6.70. The normalized spacial score (nSPS) is 24.9. The van der Waals surface area contributed by atoms with Gasteiger partial charge in [-0.1, -0.05) is 25.0 Å². The van der Waals surface area contributed by atoms with Crippen LogP contribution < -0.4 is 0 Å². The Balaban J connectivity index is 1.60. The quantitative estimate of drug-likeness (QED) is 0.906. The summed E-state index contributed by atoms with van der Waals surface area (Å²) in [5.74, 6) is -0.173. The number of piperazine rings is 1. The Morgan fingerprint density at radius 2 is 1.82 bits per heavy atom. The van der Waals surface area contributed by atoms with Gasteiger partial charge in [-0.3, -0.25) is 9.80 Å². The molecule has 4 heteroatoms. The maximum absolute atomic E-state index is 13.0. The van der Waals surface area contributed by atoms with Crippen LogP contribution in [0.3, 0.4) is 0 Å². The molecular formula is C18H27FN2O. The summed E-state index contributed by atoms with van der Waals surface area (Å²) in [6.45, 7) is 4.31. The molecule has 0 amide bonds.